The van der Waals surface area contributed by atoms with Gasteiger partial charge in [0, 0.05) is 20.2 Å². The predicted molar refractivity (Wildman–Crippen MR) is 74.0 cm³/mol. The maximum atomic E-state index is 12.2. The second-order valence-corrected chi connectivity index (χ2v) is 5.44. The van der Waals surface area contributed by atoms with Gasteiger partial charge in [-0.1, -0.05) is 6.92 Å². The minimum Gasteiger partial charge on any atom is -0.384 e. The molecule has 2 heterocycles. The number of methoxy groups -OCH3 is 1. The molecule has 3 atom stereocenters. The van der Waals surface area contributed by atoms with Crippen LogP contribution in [0.5, 0.6) is 0 Å². The van der Waals surface area contributed by atoms with E-state index < -0.39 is 0 Å². The summed E-state index contributed by atoms with van der Waals surface area (Å²) < 4.78 is 5.06. The molecule has 2 fully saturated rings. The van der Waals surface area contributed by atoms with Crippen molar-refractivity contribution >= 4 is 18.3 Å². The van der Waals surface area contributed by atoms with Gasteiger partial charge in [-0.05, 0) is 37.8 Å². The lowest BCUT2D eigenvalue weighted by Crippen LogP contribution is -2.37. The Balaban J connectivity index is 0.00000162. The molecule has 0 bridgehead atoms. The zero-order chi connectivity index (χ0) is 12.3. The van der Waals surface area contributed by atoms with E-state index in [1.807, 2.05) is 11.8 Å². The van der Waals surface area contributed by atoms with Crippen molar-refractivity contribution in [1.29, 1.82) is 0 Å². The van der Waals surface area contributed by atoms with E-state index in [0.29, 0.717) is 6.61 Å². The van der Waals surface area contributed by atoms with Gasteiger partial charge in [-0.3, -0.25) is 4.79 Å². The standard InChI is InChI=1S/C13H24N2O2.ClH/c1-10(9-17-2)13(16)15-5-3-11-7-14-8-12(11)4-6-15;/h10-12,14H,3-9H2,1-2H3;1H/t10?,11-,12+;. The number of rotatable bonds is 3. The molecule has 1 N–H and O–H groups in total. The highest BCUT2D eigenvalue weighted by Crippen LogP contribution is 2.27. The van der Waals surface area contributed by atoms with Crippen LogP contribution in [-0.2, 0) is 9.53 Å². The summed E-state index contributed by atoms with van der Waals surface area (Å²) >= 11 is 0. The van der Waals surface area contributed by atoms with Gasteiger partial charge in [-0.15, -0.1) is 12.4 Å². The van der Waals surface area contributed by atoms with E-state index in [1.54, 1.807) is 7.11 Å². The number of carbonyl (C=O) groups excluding carboxylic acids is 1. The number of amides is 1. The number of nitrogens with zero attached hydrogens (tertiary/aromatic N) is 1. The molecule has 18 heavy (non-hydrogen) atoms. The second-order valence-electron chi connectivity index (χ2n) is 5.44. The third-order valence-electron chi connectivity index (χ3n) is 4.17. The second kappa shape index (κ2) is 7.31. The van der Waals surface area contributed by atoms with Crippen molar-refractivity contribution in [2.24, 2.45) is 17.8 Å². The maximum absolute atomic E-state index is 12.2. The average Bonchev–Trinajstić information content (AvgIpc) is 2.68. The molecule has 106 valence electrons. The highest BCUT2D eigenvalue weighted by atomic mass is 35.5. The molecular formula is C13H25ClN2O2. The molecule has 0 aromatic carbocycles. The van der Waals surface area contributed by atoms with E-state index in [0.717, 1.165) is 50.9 Å². The summed E-state index contributed by atoms with van der Waals surface area (Å²) in [7, 11) is 1.66. The normalized spacial score (nSPS) is 29.1. The van der Waals surface area contributed by atoms with Crippen molar-refractivity contribution in [2.45, 2.75) is 19.8 Å². The highest BCUT2D eigenvalue weighted by Gasteiger charge is 2.32. The molecule has 2 saturated heterocycles. The van der Waals surface area contributed by atoms with E-state index in [1.165, 1.54) is 0 Å². The van der Waals surface area contributed by atoms with Gasteiger partial charge < -0.3 is 15.0 Å². The molecule has 5 heteroatoms. The van der Waals surface area contributed by atoms with E-state index in [2.05, 4.69) is 5.32 Å². The minimum atomic E-state index is -0.00364. The molecule has 0 aromatic heterocycles. The zero-order valence-corrected chi connectivity index (χ0v) is 12.2. The van der Waals surface area contributed by atoms with Crippen LogP contribution in [0.4, 0.5) is 0 Å². The Bertz CT molecular complexity index is 262. The summed E-state index contributed by atoms with van der Waals surface area (Å²) in [6.45, 7) is 6.62. The molecule has 2 aliphatic heterocycles. The average molecular weight is 277 g/mol. The van der Waals surface area contributed by atoms with Crippen LogP contribution in [0.15, 0.2) is 0 Å². The molecule has 1 unspecified atom stereocenters. The minimum absolute atomic E-state index is 0. The molecule has 0 spiro atoms. The van der Waals surface area contributed by atoms with Gasteiger partial charge in [0.2, 0.25) is 5.91 Å². The van der Waals surface area contributed by atoms with Crippen molar-refractivity contribution in [2.75, 3.05) is 39.9 Å². The van der Waals surface area contributed by atoms with Crippen LogP contribution in [0, 0.1) is 17.8 Å². The Labute approximate surface area is 116 Å². The Kier molecular flexibility index (Phi) is 6.39. The monoisotopic (exact) mass is 276 g/mol. The van der Waals surface area contributed by atoms with Crippen LogP contribution in [0.1, 0.15) is 19.8 Å². The summed E-state index contributed by atoms with van der Waals surface area (Å²) in [5, 5.41) is 3.46. The van der Waals surface area contributed by atoms with E-state index in [4.69, 9.17) is 4.74 Å². The summed E-state index contributed by atoms with van der Waals surface area (Å²) in [6, 6.07) is 0. The predicted octanol–water partition coefficient (Wildman–Crippen LogP) is 1.15. The molecule has 0 aromatic rings. The number of nitrogens with one attached hydrogen (secondary N) is 1. The topological polar surface area (TPSA) is 41.6 Å². The van der Waals surface area contributed by atoms with Gasteiger partial charge in [0.05, 0.1) is 12.5 Å². The first-order valence-corrected chi connectivity index (χ1v) is 6.70. The van der Waals surface area contributed by atoms with Gasteiger partial charge in [0.25, 0.3) is 0 Å². The number of ether oxygens (including phenoxy) is 1. The Morgan fingerprint density at radius 2 is 1.89 bits per heavy atom. The Hall–Kier alpha value is -0.320. The highest BCUT2D eigenvalue weighted by molar-refractivity contribution is 5.85. The van der Waals surface area contributed by atoms with Gasteiger partial charge in [0.1, 0.15) is 0 Å². The molecule has 0 aliphatic carbocycles. The van der Waals surface area contributed by atoms with Crippen molar-refractivity contribution in [3.8, 4) is 0 Å². The number of likely N-dealkylation sites (tertiary alicyclic amines) is 1. The third kappa shape index (κ3) is 3.59. The molecule has 0 saturated carbocycles. The van der Waals surface area contributed by atoms with Gasteiger partial charge in [0.15, 0.2) is 0 Å². The van der Waals surface area contributed by atoms with Crippen LogP contribution >= 0.6 is 12.4 Å². The van der Waals surface area contributed by atoms with Gasteiger partial charge >= 0.3 is 0 Å². The maximum Gasteiger partial charge on any atom is 0.227 e. The van der Waals surface area contributed by atoms with Crippen LogP contribution in [0.25, 0.3) is 0 Å². The number of carbonyl (C=O) groups is 1. The smallest absolute Gasteiger partial charge is 0.227 e. The van der Waals surface area contributed by atoms with Crippen LogP contribution in [0.2, 0.25) is 0 Å². The summed E-state index contributed by atoms with van der Waals surface area (Å²) in [5.74, 6) is 1.83. The van der Waals surface area contributed by atoms with Gasteiger partial charge in [-0.25, -0.2) is 0 Å². The summed E-state index contributed by atoms with van der Waals surface area (Å²) in [5.41, 5.74) is 0. The summed E-state index contributed by atoms with van der Waals surface area (Å²) in [6.07, 6.45) is 2.31. The molecule has 1 amide bonds. The molecule has 4 nitrogen and oxygen atoms in total. The number of hydrogen-bond donors (Lipinski definition) is 1. The molecule has 2 rings (SSSR count). The lowest BCUT2D eigenvalue weighted by Gasteiger charge is -2.24. The molecule has 2 aliphatic rings. The van der Waals surface area contributed by atoms with Crippen molar-refractivity contribution in [3.63, 3.8) is 0 Å². The number of halogens is 1. The first-order valence-electron chi connectivity index (χ1n) is 6.70. The first kappa shape index (κ1) is 15.7. The largest absolute Gasteiger partial charge is 0.384 e. The Morgan fingerprint density at radius 3 is 2.39 bits per heavy atom. The van der Waals surface area contributed by atoms with Gasteiger partial charge in [-0.2, -0.15) is 0 Å². The SMILES string of the molecule is COCC(C)C(=O)N1CC[C@@H]2CNC[C@@H]2CC1.Cl. The Morgan fingerprint density at radius 1 is 1.33 bits per heavy atom. The van der Waals surface area contributed by atoms with Crippen LogP contribution < -0.4 is 5.32 Å². The van der Waals surface area contributed by atoms with E-state index in [9.17, 15) is 4.79 Å². The van der Waals surface area contributed by atoms with E-state index in [-0.39, 0.29) is 24.2 Å². The van der Waals surface area contributed by atoms with Crippen LogP contribution in [-0.4, -0.2) is 50.7 Å². The molecule has 0 radical (unpaired) electrons. The summed E-state index contributed by atoms with van der Waals surface area (Å²) in [4.78, 5) is 14.2. The van der Waals surface area contributed by atoms with Crippen molar-refractivity contribution in [1.82, 2.24) is 10.2 Å². The number of hydrogen-bond acceptors (Lipinski definition) is 3. The fourth-order valence-corrected chi connectivity index (χ4v) is 3.07. The molecular weight excluding hydrogens is 252 g/mol. The number of fused-ring (bicyclic) bond motifs is 1. The zero-order valence-electron chi connectivity index (χ0n) is 11.4. The fourth-order valence-electron chi connectivity index (χ4n) is 3.07. The third-order valence-corrected chi connectivity index (χ3v) is 4.17. The van der Waals surface area contributed by atoms with Crippen molar-refractivity contribution < 1.29 is 9.53 Å². The van der Waals surface area contributed by atoms with Crippen molar-refractivity contribution in [3.05, 3.63) is 0 Å². The first-order chi connectivity index (χ1) is 8.22. The van der Waals surface area contributed by atoms with Crippen LogP contribution in [0.3, 0.4) is 0 Å². The quantitative estimate of drug-likeness (QED) is 0.841. The fraction of sp³-hybridized carbons (Fsp3) is 0.923. The lowest BCUT2D eigenvalue weighted by atomic mass is 9.92. The lowest BCUT2D eigenvalue weighted by molar-refractivity contribution is -0.136. The van der Waals surface area contributed by atoms with E-state index >= 15 is 0 Å².